The molecule has 0 aliphatic rings. The van der Waals surface area contributed by atoms with Crippen LogP contribution < -0.4 is 11.1 Å². The predicted molar refractivity (Wildman–Crippen MR) is 82.1 cm³/mol. The molecule has 1 unspecified atom stereocenters. The monoisotopic (exact) mass is 271 g/mol. The van der Waals surface area contributed by atoms with E-state index < -0.39 is 0 Å². The maximum Gasteiger partial charge on any atom is 0.234 e. The minimum atomic E-state index is 0.0573. The molecule has 0 heterocycles. The zero-order chi connectivity index (χ0) is 14.9. The van der Waals surface area contributed by atoms with Crippen LogP contribution in [0.1, 0.15) is 53.4 Å². The van der Waals surface area contributed by atoms with Crippen molar-refractivity contribution in [3.8, 4) is 0 Å². The average Bonchev–Trinajstić information content (AvgIpc) is 2.28. The number of nitrogens with one attached hydrogen (secondary N) is 1. The van der Waals surface area contributed by atoms with Crippen LogP contribution in [0.2, 0.25) is 0 Å². The van der Waals surface area contributed by atoms with Crippen molar-refractivity contribution in [1.82, 2.24) is 10.2 Å². The molecule has 0 saturated carbocycles. The van der Waals surface area contributed by atoms with E-state index in [1.807, 2.05) is 11.9 Å². The summed E-state index contributed by atoms with van der Waals surface area (Å²) in [6.07, 6.45) is 4.72. The number of hydrogen-bond donors (Lipinski definition) is 2. The van der Waals surface area contributed by atoms with Crippen molar-refractivity contribution in [2.24, 2.45) is 11.1 Å². The highest BCUT2D eigenvalue weighted by Gasteiger charge is 2.19. The zero-order valence-electron chi connectivity index (χ0n) is 13.5. The zero-order valence-corrected chi connectivity index (χ0v) is 13.5. The number of carbonyl (C=O) groups is 1. The largest absolute Gasteiger partial charge is 0.353 e. The van der Waals surface area contributed by atoms with Crippen molar-refractivity contribution in [3.05, 3.63) is 0 Å². The van der Waals surface area contributed by atoms with Gasteiger partial charge in [0, 0.05) is 12.6 Å². The van der Waals surface area contributed by atoms with Crippen LogP contribution in [0, 0.1) is 5.41 Å². The third-order valence-electron chi connectivity index (χ3n) is 3.31. The molecule has 4 heteroatoms. The van der Waals surface area contributed by atoms with Crippen molar-refractivity contribution in [1.29, 1.82) is 0 Å². The van der Waals surface area contributed by atoms with E-state index in [1.165, 1.54) is 19.3 Å². The molecule has 0 aromatic rings. The van der Waals surface area contributed by atoms with Crippen molar-refractivity contribution >= 4 is 5.91 Å². The van der Waals surface area contributed by atoms with Gasteiger partial charge in [0.15, 0.2) is 0 Å². The van der Waals surface area contributed by atoms with Gasteiger partial charge in [-0.25, -0.2) is 0 Å². The van der Waals surface area contributed by atoms with E-state index in [2.05, 4.69) is 33.0 Å². The number of nitrogens with zero attached hydrogens (tertiary/aromatic N) is 1. The molecule has 0 radical (unpaired) electrons. The number of nitrogens with two attached hydrogens (primary N) is 1. The third-order valence-corrected chi connectivity index (χ3v) is 3.31. The molecule has 0 spiro atoms. The molecule has 0 aromatic carbocycles. The summed E-state index contributed by atoms with van der Waals surface area (Å²) in [4.78, 5) is 13.9. The summed E-state index contributed by atoms with van der Waals surface area (Å²) < 4.78 is 0. The van der Waals surface area contributed by atoms with Gasteiger partial charge < -0.3 is 11.1 Å². The average molecular weight is 271 g/mol. The lowest BCUT2D eigenvalue weighted by atomic mass is 9.93. The van der Waals surface area contributed by atoms with Crippen molar-refractivity contribution in [3.63, 3.8) is 0 Å². The second kappa shape index (κ2) is 9.32. The lowest BCUT2D eigenvalue weighted by molar-refractivity contribution is -0.122. The quantitative estimate of drug-likeness (QED) is 0.597. The topological polar surface area (TPSA) is 58.4 Å². The fraction of sp³-hybridized carbons (Fsp3) is 0.933. The first kappa shape index (κ1) is 18.4. The molecular formula is C15H33N3O. The Morgan fingerprint density at radius 3 is 2.53 bits per heavy atom. The highest BCUT2D eigenvalue weighted by Crippen LogP contribution is 2.13. The smallest absolute Gasteiger partial charge is 0.234 e. The number of carbonyl (C=O) groups excluding carboxylic acids is 1. The van der Waals surface area contributed by atoms with Crippen LogP contribution in [0.4, 0.5) is 0 Å². The minimum absolute atomic E-state index is 0.0573. The fourth-order valence-corrected chi connectivity index (χ4v) is 2.19. The molecule has 1 amide bonds. The molecule has 19 heavy (non-hydrogen) atoms. The summed E-state index contributed by atoms with van der Waals surface area (Å²) >= 11 is 0. The predicted octanol–water partition coefficient (Wildman–Crippen LogP) is 1.99. The van der Waals surface area contributed by atoms with E-state index in [9.17, 15) is 4.79 Å². The van der Waals surface area contributed by atoms with Gasteiger partial charge in [-0.2, -0.15) is 0 Å². The van der Waals surface area contributed by atoms with Crippen LogP contribution in [-0.4, -0.2) is 43.5 Å². The standard InChI is InChI=1S/C15H33N3O/c1-6-7-8-9-13(2)17-14(19)10-18(5)12-15(3,4)11-16/h13H,6-12,16H2,1-5H3,(H,17,19). The summed E-state index contributed by atoms with van der Waals surface area (Å²) in [5.74, 6) is 0.110. The van der Waals surface area contributed by atoms with Crippen LogP contribution in [-0.2, 0) is 4.79 Å². The Hall–Kier alpha value is -0.610. The van der Waals surface area contributed by atoms with Gasteiger partial charge in [0.05, 0.1) is 6.54 Å². The van der Waals surface area contributed by atoms with Crippen molar-refractivity contribution in [2.75, 3.05) is 26.7 Å². The molecule has 0 fully saturated rings. The summed E-state index contributed by atoms with van der Waals surface area (Å²) in [6.45, 7) is 10.4. The van der Waals surface area contributed by atoms with Gasteiger partial charge in [0.25, 0.3) is 0 Å². The van der Waals surface area contributed by atoms with E-state index in [0.29, 0.717) is 13.1 Å². The summed E-state index contributed by atoms with van der Waals surface area (Å²) in [7, 11) is 1.97. The van der Waals surface area contributed by atoms with Gasteiger partial charge in [0.2, 0.25) is 5.91 Å². The molecule has 4 nitrogen and oxygen atoms in total. The second-order valence-electron chi connectivity index (χ2n) is 6.50. The number of rotatable bonds is 10. The summed E-state index contributed by atoms with van der Waals surface area (Å²) in [6, 6.07) is 0.273. The first-order chi connectivity index (χ1) is 8.80. The highest BCUT2D eigenvalue weighted by molar-refractivity contribution is 5.78. The maximum atomic E-state index is 11.9. The Labute approximate surface area is 119 Å². The van der Waals surface area contributed by atoms with Crippen LogP contribution in [0.5, 0.6) is 0 Å². The van der Waals surface area contributed by atoms with Gasteiger partial charge >= 0.3 is 0 Å². The van der Waals surface area contributed by atoms with Gasteiger partial charge in [-0.1, -0.05) is 40.0 Å². The van der Waals surface area contributed by atoms with Gasteiger partial charge in [-0.05, 0) is 32.4 Å². The van der Waals surface area contributed by atoms with E-state index >= 15 is 0 Å². The van der Waals surface area contributed by atoms with E-state index in [0.717, 1.165) is 13.0 Å². The Balaban J connectivity index is 3.90. The van der Waals surface area contributed by atoms with E-state index in [-0.39, 0.29) is 17.4 Å². The van der Waals surface area contributed by atoms with Crippen molar-refractivity contribution in [2.45, 2.75) is 59.4 Å². The minimum Gasteiger partial charge on any atom is -0.353 e. The number of amides is 1. The normalized spacial score (nSPS) is 13.6. The number of likely N-dealkylation sites (N-methyl/N-ethyl adjacent to an activating group) is 1. The van der Waals surface area contributed by atoms with Gasteiger partial charge in [0.1, 0.15) is 0 Å². The molecule has 0 aliphatic heterocycles. The molecule has 0 aliphatic carbocycles. The van der Waals surface area contributed by atoms with Crippen LogP contribution in [0.15, 0.2) is 0 Å². The Morgan fingerprint density at radius 1 is 1.37 bits per heavy atom. The molecule has 114 valence electrons. The van der Waals surface area contributed by atoms with Crippen LogP contribution >= 0.6 is 0 Å². The number of unbranched alkanes of at least 4 members (excludes halogenated alkanes) is 2. The summed E-state index contributed by atoms with van der Waals surface area (Å²) in [5, 5.41) is 3.06. The fourth-order valence-electron chi connectivity index (χ4n) is 2.19. The van der Waals surface area contributed by atoms with E-state index in [4.69, 9.17) is 5.73 Å². The van der Waals surface area contributed by atoms with E-state index in [1.54, 1.807) is 0 Å². The highest BCUT2D eigenvalue weighted by atomic mass is 16.2. The molecule has 0 rings (SSSR count). The van der Waals surface area contributed by atoms with Crippen LogP contribution in [0.25, 0.3) is 0 Å². The lowest BCUT2D eigenvalue weighted by Crippen LogP contribution is -2.43. The second-order valence-corrected chi connectivity index (χ2v) is 6.50. The molecule has 0 aromatic heterocycles. The first-order valence-corrected chi connectivity index (χ1v) is 7.48. The molecule has 0 bridgehead atoms. The number of hydrogen-bond acceptors (Lipinski definition) is 3. The molecule has 0 saturated heterocycles. The van der Waals surface area contributed by atoms with Crippen LogP contribution in [0.3, 0.4) is 0 Å². The molecule has 1 atom stereocenters. The van der Waals surface area contributed by atoms with Crippen molar-refractivity contribution < 1.29 is 4.79 Å². The van der Waals surface area contributed by atoms with Gasteiger partial charge in [-0.15, -0.1) is 0 Å². The summed E-state index contributed by atoms with van der Waals surface area (Å²) in [5.41, 5.74) is 5.76. The Morgan fingerprint density at radius 2 is 2.00 bits per heavy atom. The van der Waals surface area contributed by atoms with Gasteiger partial charge in [-0.3, -0.25) is 9.69 Å². The molecular weight excluding hydrogens is 238 g/mol. The Kier molecular flexibility index (Phi) is 9.02. The SMILES string of the molecule is CCCCCC(C)NC(=O)CN(C)CC(C)(C)CN. The third kappa shape index (κ3) is 9.91. The molecule has 3 N–H and O–H groups in total. The lowest BCUT2D eigenvalue weighted by Gasteiger charge is -2.28. The first-order valence-electron chi connectivity index (χ1n) is 7.48. The maximum absolute atomic E-state index is 11.9. The Bertz CT molecular complexity index is 254.